The third-order valence-electron chi connectivity index (χ3n) is 5.07. The van der Waals surface area contributed by atoms with Crippen molar-refractivity contribution in [2.75, 3.05) is 25.0 Å². The molecular formula is C22H29N3O2. The molecule has 1 aromatic heterocycles. The zero-order valence-corrected chi connectivity index (χ0v) is 16.3. The van der Waals surface area contributed by atoms with E-state index in [0.717, 1.165) is 54.9 Å². The second-order valence-corrected chi connectivity index (χ2v) is 7.33. The van der Waals surface area contributed by atoms with Crippen LogP contribution >= 0.6 is 0 Å². The Morgan fingerprint density at radius 2 is 2.07 bits per heavy atom. The van der Waals surface area contributed by atoms with Crippen LogP contribution in [0.3, 0.4) is 0 Å². The molecule has 0 radical (unpaired) electrons. The zero-order chi connectivity index (χ0) is 19.1. The lowest BCUT2D eigenvalue weighted by Gasteiger charge is -2.31. The molecule has 27 heavy (non-hydrogen) atoms. The van der Waals surface area contributed by atoms with Gasteiger partial charge in [0.05, 0.1) is 12.7 Å². The molecular weight excluding hydrogens is 338 g/mol. The van der Waals surface area contributed by atoms with Crippen LogP contribution in [0.5, 0.6) is 0 Å². The predicted octanol–water partition coefficient (Wildman–Crippen LogP) is 3.71. The summed E-state index contributed by atoms with van der Waals surface area (Å²) in [5, 5.41) is 3.04. The number of carbonyl (C=O) groups excluding carboxylic acids is 1. The Balaban J connectivity index is 1.35. The number of rotatable bonds is 7. The Bertz CT molecular complexity index is 740. The zero-order valence-electron chi connectivity index (χ0n) is 16.3. The van der Waals surface area contributed by atoms with E-state index in [-0.39, 0.29) is 5.91 Å². The fraction of sp³-hybridized carbons (Fsp3) is 0.455. The molecule has 5 nitrogen and oxygen atoms in total. The number of aryl methyl sites for hydroxylation is 2. The van der Waals surface area contributed by atoms with Crippen LogP contribution in [-0.4, -0.2) is 41.5 Å². The summed E-state index contributed by atoms with van der Waals surface area (Å²) in [4.78, 5) is 18.7. The Labute approximate surface area is 161 Å². The standard InChI is InChI=1S/C22H29N3O2/c1-17-5-6-18(2)21(14-17)24-22(26)9-13-25-11-7-20(8-12-25)27-16-19-4-3-10-23-15-19/h3-6,10,14-15,20H,7-9,11-13,16H2,1-2H3,(H,24,26). The van der Waals surface area contributed by atoms with E-state index in [1.54, 1.807) is 6.20 Å². The fourth-order valence-electron chi connectivity index (χ4n) is 3.34. The van der Waals surface area contributed by atoms with Crippen molar-refractivity contribution in [3.05, 3.63) is 59.4 Å². The van der Waals surface area contributed by atoms with Crippen LogP contribution in [0.1, 0.15) is 36.0 Å². The molecule has 3 rings (SSSR count). The second kappa shape index (κ2) is 9.62. The van der Waals surface area contributed by atoms with Gasteiger partial charge in [0.25, 0.3) is 0 Å². The van der Waals surface area contributed by atoms with Crippen molar-refractivity contribution >= 4 is 11.6 Å². The predicted molar refractivity (Wildman–Crippen MR) is 108 cm³/mol. The highest BCUT2D eigenvalue weighted by Crippen LogP contribution is 2.18. The van der Waals surface area contributed by atoms with Gasteiger partial charge in [0, 0.05) is 44.1 Å². The van der Waals surface area contributed by atoms with Crippen LogP contribution in [-0.2, 0) is 16.1 Å². The van der Waals surface area contributed by atoms with E-state index in [1.807, 2.05) is 44.3 Å². The highest BCUT2D eigenvalue weighted by atomic mass is 16.5. The minimum absolute atomic E-state index is 0.0821. The smallest absolute Gasteiger partial charge is 0.225 e. The topological polar surface area (TPSA) is 54.5 Å². The summed E-state index contributed by atoms with van der Waals surface area (Å²) in [6.45, 7) is 7.44. The van der Waals surface area contributed by atoms with Crippen LogP contribution in [0.25, 0.3) is 0 Å². The van der Waals surface area contributed by atoms with Gasteiger partial charge in [-0.2, -0.15) is 0 Å². The number of aromatic nitrogens is 1. The Morgan fingerprint density at radius 3 is 2.81 bits per heavy atom. The number of amides is 1. The minimum atomic E-state index is 0.0821. The van der Waals surface area contributed by atoms with E-state index in [2.05, 4.69) is 21.3 Å². The molecule has 0 atom stereocenters. The summed E-state index contributed by atoms with van der Waals surface area (Å²) < 4.78 is 6.00. The molecule has 0 spiro atoms. The molecule has 1 N–H and O–H groups in total. The lowest BCUT2D eigenvalue weighted by molar-refractivity contribution is -0.116. The molecule has 0 unspecified atom stereocenters. The number of nitrogens with one attached hydrogen (secondary N) is 1. The van der Waals surface area contributed by atoms with Crippen LogP contribution in [0.2, 0.25) is 0 Å². The number of pyridine rings is 1. The lowest BCUT2D eigenvalue weighted by atomic mass is 10.1. The highest BCUT2D eigenvalue weighted by Gasteiger charge is 2.20. The van der Waals surface area contributed by atoms with Crippen LogP contribution in [0.15, 0.2) is 42.7 Å². The normalized spacial score (nSPS) is 15.6. The number of benzene rings is 1. The molecule has 1 aliphatic heterocycles. The summed E-state index contributed by atoms with van der Waals surface area (Å²) in [6.07, 6.45) is 6.47. The first-order chi connectivity index (χ1) is 13.1. The highest BCUT2D eigenvalue weighted by molar-refractivity contribution is 5.91. The van der Waals surface area contributed by atoms with Crippen molar-refractivity contribution in [3.63, 3.8) is 0 Å². The number of likely N-dealkylation sites (tertiary alicyclic amines) is 1. The maximum absolute atomic E-state index is 12.3. The van der Waals surface area contributed by atoms with Crippen LogP contribution in [0, 0.1) is 13.8 Å². The van der Waals surface area contributed by atoms with Crippen molar-refractivity contribution in [2.45, 2.75) is 45.8 Å². The third-order valence-corrected chi connectivity index (χ3v) is 5.07. The largest absolute Gasteiger partial charge is 0.373 e. The summed E-state index contributed by atoms with van der Waals surface area (Å²) in [6, 6.07) is 10.1. The van der Waals surface area contributed by atoms with Gasteiger partial charge in [0.2, 0.25) is 5.91 Å². The Hall–Kier alpha value is -2.24. The number of carbonyl (C=O) groups is 1. The number of hydrogen-bond donors (Lipinski definition) is 1. The molecule has 144 valence electrons. The van der Waals surface area contributed by atoms with Gasteiger partial charge in [0.15, 0.2) is 0 Å². The minimum Gasteiger partial charge on any atom is -0.373 e. The van der Waals surface area contributed by atoms with Gasteiger partial charge in [-0.05, 0) is 55.5 Å². The van der Waals surface area contributed by atoms with Gasteiger partial charge in [-0.25, -0.2) is 0 Å². The van der Waals surface area contributed by atoms with E-state index < -0.39 is 0 Å². The van der Waals surface area contributed by atoms with E-state index in [1.165, 1.54) is 0 Å². The summed E-state index contributed by atoms with van der Waals surface area (Å²) in [5.41, 5.74) is 4.29. The molecule has 1 aromatic carbocycles. The number of nitrogens with zero attached hydrogens (tertiary/aromatic N) is 2. The first kappa shape index (κ1) is 19.5. The molecule has 2 aromatic rings. The van der Waals surface area contributed by atoms with Gasteiger partial charge >= 0.3 is 0 Å². The van der Waals surface area contributed by atoms with Crippen molar-refractivity contribution in [1.82, 2.24) is 9.88 Å². The van der Waals surface area contributed by atoms with Gasteiger partial charge < -0.3 is 15.0 Å². The number of hydrogen-bond acceptors (Lipinski definition) is 4. The van der Waals surface area contributed by atoms with E-state index >= 15 is 0 Å². The van der Waals surface area contributed by atoms with Crippen LogP contribution < -0.4 is 5.32 Å². The molecule has 1 fully saturated rings. The molecule has 1 saturated heterocycles. The Kier molecular flexibility index (Phi) is 6.96. The van der Waals surface area contributed by atoms with Crippen molar-refractivity contribution in [3.8, 4) is 0 Å². The molecule has 5 heteroatoms. The molecule has 0 bridgehead atoms. The maximum atomic E-state index is 12.3. The van der Waals surface area contributed by atoms with Crippen molar-refractivity contribution in [2.24, 2.45) is 0 Å². The average Bonchev–Trinajstić information content (AvgIpc) is 2.69. The van der Waals surface area contributed by atoms with E-state index in [4.69, 9.17) is 4.74 Å². The van der Waals surface area contributed by atoms with Crippen LogP contribution in [0.4, 0.5) is 5.69 Å². The van der Waals surface area contributed by atoms with E-state index in [9.17, 15) is 4.79 Å². The quantitative estimate of drug-likeness (QED) is 0.811. The summed E-state index contributed by atoms with van der Waals surface area (Å²) in [7, 11) is 0. The monoisotopic (exact) mass is 367 g/mol. The molecule has 0 aliphatic carbocycles. The SMILES string of the molecule is Cc1ccc(C)c(NC(=O)CCN2CCC(OCc3cccnc3)CC2)c1. The second-order valence-electron chi connectivity index (χ2n) is 7.33. The summed E-state index contributed by atoms with van der Waals surface area (Å²) in [5.74, 6) is 0.0821. The van der Waals surface area contributed by atoms with Crippen molar-refractivity contribution < 1.29 is 9.53 Å². The van der Waals surface area contributed by atoms with Gasteiger partial charge in [-0.1, -0.05) is 18.2 Å². The van der Waals surface area contributed by atoms with Gasteiger partial charge in [-0.3, -0.25) is 9.78 Å². The number of ether oxygens (including phenoxy) is 1. The van der Waals surface area contributed by atoms with Gasteiger partial charge in [0.1, 0.15) is 0 Å². The summed E-state index contributed by atoms with van der Waals surface area (Å²) >= 11 is 0. The van der Waals surface area contributed by atoms with Crippen molar-refractivity contribution in [1.29, 1.82) is 0 Å². The molecule has 2 heterocycles. The maximum Gasteiger partial charge on any atom is 0.225 e. The third kappa shape index (κ3) is 6.15. The lowest BCUT2D eigenvalue weighted by Crippen LogP contribution is -2.38. The number of piperidine rings is 1. The number of anilines is 1. The fourth-order valence-corrected chi connectivity index (χ4v) is 3.34. The van der Waals surface area contributed by atoms with Gasteiger partial charge in [-0.15, -0.1) is 0 Å². The first-order valence-corrected chi connectivity index (χ1v) is 9.70. The van der Waals surface area contributed by atoms with E-state index in [0.29, 0.717) is 19.1 Å². The average molecular weight is 367 g/mol. The first-order valence-electron chi connectivity index (χ1n) is 9.70. The molecule has 1 amide bonds. The molecule has 0 saturated carbocycles. The Morgan fingerprint density at radius 1 is 1.26 bits per heavy atom. The molecule has 1 aliphatic rings.